The van der Waals surface area contributed by atoms with Crippen molar-refractivity contribution in [3.05, 3.63) is 80.7 Å². The lowest BCUT2D eigenvalue weighted by molar-refractivity contribution is 0.661. The highest BCUT2D eigenvalue weighted by atomic mass is 79.9. The molecule has 4 aromatic carbocycles. The Labute approximate surface area is 164 Å². The first-order valence-electron chi connectivity index (χ1n) is 8.44. The topological polar surface area (TPSA) is 0 Å². The number of fused-ring (bicyclic) bond motifs is 6. The molecule has 0 fully saturated rings. The van der Waals surface area contributed by atoms with Gasteiger partial charge in [-0.15, -0.1) is 0 Å². The van der Waals surface area contributed by atoms with Crippen LogP contribution >= 0.6 is 31.9 Å². The quantitative estimate of drug-likeness (QED) is 0.239. The summed E-state index contributed by atoms with van der Waals surface area (Å²) in [5.41, 5.74) is 5.57. The maximum atomic E-state index is 3.94. The van der Waals surface area contributed by atoms with E-state index in [1.807, 2.05) is 0 Å². The van der Waals surface area contributed by atoms with Gasteiger partial charge in [0.05, 0.1) is 0 Å². The van der Waals surface area contributed by atoms with E-state index in [-0.39, 0.29) is 5.41 Å². The summed E-state index contributed by atoms with van der Waals surface area (Å²) in [6, 6.07) is 22.0. The van der Waals surface area contributed by atoms with Gasteiger partial charge in [-0.2, -0.15) is 0 Å². The van der Waals surface area contributed by atoms with Gasteiger partial charge in [-0.3, -0.25) is 0 Å². The average Bonchev–Trinajstić information content (AvgIpc) is 2.87. The molecule has 25 heavy (non-hydrogen) atoms. The molecule has 0 amide bonds. The van der Waals surface area contributed by atoms with Gasteiger partial charge in [0.25, 0.3) is 0 Å². The number of hydrogen-bond acceptors (Lipinski definition) is 0. The van der Waals surface area contributed by atoms with Crippen molar-refractivity contribution in [1.82, 2.24) is 0 Å². The highest BCUT2D eigenvalue weighted by Crippen LogP contribution is 2.54. The molecule has 2 heteroatoms. The third-order valence-electron chi connectivity index (χ3n) is 5.60. The number of benzene rings is 4. The van der Waals surface area contributed by atoms with Gasteiger partial charge in [0.1, 0.15) is 0 Å². The van der Waals surface area contributed by atoms with Crippen LogP contribution in [-0.2, 0) is 5.41 Å². The van der Waals surface area contributed by atoms with E-state index in [0.717, 1.165) is 0 Å². The molecule has 0 spiro atoms. The summed E-state index contributed by atoms with van der Waals surface area (Å²) in [5, 5.41) is 5.06. The zero-order valence-electron chi connectivity index (χ0n) is 14.0. The fraction of sp³-hybridized carbons (Fsp3) is 0.130. The highest BCUT2D eigenvalue weighted by Gasteiger charge is 2.36. The minimum atomic E-state index is 0.0255. The average molecular weight is 452 g/mol. The second-order valence-corrected chi connectivity index (χ2v) is 8.84. The van der Waals surface area contributed by atoms with Crippen molar-refractivity contribution in [2.24, 2.45) is 0 Å². The molecule has 0 atom stereocenters. The van der Waals surface area contributed by atoms with Crippen molar-refractivity contribution in [2.75, 3.05) is 0 Å². The normalized spacial score (nSPS) is 14.7. The SMILES string of the molecule is CC1(C)c2ccccc2-c2c1ccc1c(Br)c3ccccc3c(Br)c21. The molecule has 0 N–H and O–H groups in total. The first kappa shape index (κ1) is 15.6. The van der Waals surface area contributed by atoms with Crippen molar-refractivity contribution >= 4 is 53.4 Å². The summed E-state index contributed by atoms with van der Waals surface area (Å²) in [6.07, 6.45) is 0. The first-order valence-corrected chi connectivity index (χ1v) is 10.0. The monoisotopic (exact) mass is 450 g/mol. The molecule has 0 bridgehead atoms. The molecule has 0 nitrogen and oxygen atoms in total. The molecule has 0 saturated heterocycles. The van der Waals surface area contributed by atoms with Crippen molar-refractivity contribution in [1.29, 1.82) is 0 Å². The smallest absolute Gasteiger partial charge is 0.0339 e. The molecule has 1 aliphatic rings. The molecular formula is C23H16Br2. The van der Waals surface area contributed by atoms with Gasteiger partial charge in [0.15, 0.2) is 0 Å². The van der Waals surface area contributed by atoms with Crippen LogP contribution in [-0.4, -0.2) is 0 Å². The molecule has 0 aliphatic heterocycles. The standard InChI is InChI=1S/C23H16Br2/c1-23(2)17-10-6-5-9-15(17)19-18(23)12-11-16-20(19)22(25)14-8-4-3-7-13(14)21(16)24/h3-12H,1-2H3. The van der Waals surface area contributed by atoms with Crippen molar-refractivity contribution in [3.63, 3.8) is 0 Å². The number of rotatable bonds is 0. The molecule has 0 saturated carbocycles. The molecule has 0 radical (unpaired) electrons. The third kappa shape index (κ3) is 1.93. The van der Waals surface area contributed by atoms with Gasteiger partial charge in [0.2, 0.25) is 0 Å². The Hall–Kier alpha value is -1.64. The van der Waals surface area contributed by atoms with E-state index in [2.05, 4.69) is 106 Å². The lowest BCUT2D eigenvalue weighted by atomic mass is 9.82. The predicted octanol–water partition coefficient (Wildman–Crippen LogP) is 7.82. The van der Waals surface area contributed by atoms with Crippen LogP contribution in [0.1, 0.15) is 25.0 Å². The third-order valence-corrected chi connectivity index (χ3v) is 7.28. The van der Waals surface area contributed by atoms with E-state index in [9.17, 15) is 0 Å². The van der Waals surface area contributed by atoms with Crippen LogP contribution in [0, 0.1) is 0 Å². The molecule has 5 rings (SSSR count). The lowest BCUT2D eigenvalue weighted by Gasteiger charge is -2.22. The van der Waals surface area contributed by atoms with Gasteiger partial charge in [-0.1, -0.05) is 74.5 Å². The molecule has 0 unspecified atom stereocenters. The Balaban J connectivity index is 2.07. The van der Waals surface area contributed by atoms with Gasteiger partial charge >= 0.3 is 0 Å². The van der Waals surface area contributed by atoms with Gasteiger partial charge in [-0.05, 0) is 70.3 Å². The van der Waals surface area contributed by atoms with Crippen LogP contribution in [0.3, 0.4) is 0 Å². The maximum absolute atomic E-state index is 3.94. The molecular weight excluding hydrogens is 436 g/mol. The van der Waals surface area contributed by atoms with E-state index in [4.69, 9.17) is 0 Å². The van der Waals surface area contributed by atoms with E-state index in [0.29, 0.717) is 0 Å². The summed E-state index contributed by atoms with van der Waals surface area (Å²) in [4.78, 5) is 0. The van der Waals surface area contributed by atoms with Gasteiger partial charge < -0.3 is 0 Å². The molecule has 4 aromatic rings. The summed E-state index contributed by atoms with van der Waals surface area (Å²) in [6.45, 7) is 4.65. The van der Waals surface area contributed by atoms with Crippen LogP contribution < -0.4 is 0 Å². The number of halogens is 2. The molecule has 0 aromatic heterocycles. The van der Waals surface area contributed by atoms with Crippen LogP contribution in [0.15, 0.2) is 69.6 Å². The maximum Gasteiger partial charge on any atom is 0.0339 e. The molecule has 1 aliphatic carbocycles. The Morgan fingerprint density at radius 2 is 1.28 bits per heavy atom. The predicted molar refractivity (Wildman–Crippen MR) is 114 cm³/mol. The highest BCUT2D eigenvalue weighted by molar-refractivity contribution is 9.11. The summed E-state index contributed by atoms with van der Waals surface area (Å²) >= 11 is 7.81. The minimum absolute atomic E-state index is 0.0255. The minimum Gasteiger partial charge on any atom is -0.0619 e. The zero-order chi connectivity index (χ0) is 17.3. The van der Waals surface area contributed by atoms with Crippen molar-refractivity contribution < 1.29 is 0 Å². The Morgan fingerprint density at radius 3 is 2.04 bits per heavy atom. The van der Waals surface area contributed by atoms with Gasteiger partial charge in [0, 0.05) is 19.7 Å². The number of hydrogen-bond donors (Lipinski definition) is 0. The lowest BCUT2D eigenvalue weighted by Crippen LogP contribution is -2.14. The fourth-order valence-electron chi connectivity index (χ4n) is 4.35. The van der Waals surface area contributed by atoms with E-state index in [1.54, 1.807) is 0 Å². The second kappa shape index (κ2) is 5.18. The van der Waals surface area contributed by atoms with Crippen molar-refractivity contribution in [2.45, 2.75) is 19.3 Å². The Kier molecular flexibility index (Phi) is 3.24. The first-order chi connectivity index (χ1) is 12.0. The fourth-order valence-corrected chi connectivity index (χ4v) is 5.78. The zero-order valence-corrected chi connectivity index (χ0v) is 17.2. The van der Waals surface area contributed by atoms with E-state index in [1.165, 1.54) is 52.7 Å². The van der Waals surface area contributed by atoms with Crippen LogP contribution in [0.4, 0.5) is 0 Å². The van der Waals surface area contributed by atoms with Gasteiger partial charge in [-0.25, -0.2) is 0 Å². The summed E-state index contributed by atoms with van der Waals surface area (Å²) in [5.74, 6) is 0. The molecule has 122 valence electrons. The van der Waals surface area contributed by atoms with E-state index < -0.39 is 0 Å². The summed E-state index contributed by atoms with van der Waals surface area (Å²) in [7, 11) is 0. The molecule has 0 heterocycles. The van der Waals surface area contributed by atoms with Crippen LogP contribution in [0.2, 0.25) is 0 Å². The largest absolute Gasteiger partial charge is 0.0619 e. The summed E-state index contributed by atoms with van der Waals surface area (Å²) < 4.78 is 2.36. The van der Waals surface area contributed by atoms with Crippen molar-refractivity contribution in [3.8, 4) is 11.1 Å². The van der Waals surface area contributed by atoms with E-state index >= 15 is 0 Å². The van der Waals surface area contributed by atoms with Crippen LogP contribution in [0.5, 0.6) is 0 Å². The van der Waals surface area contributed by atoms with Crippen LogP contribution in [0.25, 0.3) is 32.7 Å². The Bertz CT molecular complexity index is 1190. The second-order valence-electron chi connectivity index (χ2n) is 7.25. The Morgan fingerprint density at radius 1 is 0.640 bits per heavy atom.